The molecule has 2 saturated heterocycles. The lowest BCUT2D eigenvalue weighted by atomic mass is 10.0. The molecule has 0 saturated carbocycles. The van der Waals surface area contributed by atoms with Crippen molar-refractivity contribution < 1.29 is 0 Å². The van der Waals surface area contributed by atoms with Crippen molar-refractivity contribution in [2.45, 2.75) is 58.0 Å². The molecule has 0 aromatic rings. The zero-order valence-corrected chi connectivity index (χ0v) is 12.8. The van der Waals surface area contributed by atoms with E-state index in [1.807, 2.05) is 0 Å². The Bertz CT molecular complexity index is 274. The van der Waals surface area contributed by atoms with Gasteiger partial charge >= 0.3 is 0 Å². The van der Waals surface area contributed by atoms with Gasteiger partial charge in [0, 0.05) is 6.04 Å². The minimum absolute atomic E-state index is 0.105. The molecule has 2 fully saturated rings. The van der Waals surface area contributed by atoms with Gasteiger partial charge in [0.15, 0.2) is 0 Å². The number of likely N-dealkylation sites (tertiary alicyclic amines) is 2. The maximum absolute atomic E-state index is 6.76. The molecule has 0 radical (unpaired) electrons. The smallest absolute Gasteiger partial charge is 0.108 e. The van der Waals surface area contributed by atoms with E-state index in [9.17, 15) is 0 Å². The third-order valence-corrected chi connectivity index (χ3v) is 4.94. The minimum atomic E-state index is 0.105. The molecule has 0 aliphatic carbocycles. The molecule has 18 heavy (non-hydrogen) atoms. The van der Waals surface area contributed by atoms with Crippen molar-refractivity contribution in [1.29, 1.82) is 0 Å². The van der Waals surface area contributed by atoms with Crippen LogP contribution >= 0.6 is 11.6 Å². The second-order valence-corrected chi connectivity index (χ2v) is 6.37. The number of allylic oxidation sites excluding steroid dienone is 1. The van der Waals surface area contributed by atoms with Gasteiger partial charge in [-0.1, -0.05) is 5.57 Å². The third kappa shape index (κ3) is 3.09. The van der Waals surface area contributed by atoms with Crippen molar-refractivity contribution in [3.63, 3.8) is 0 Å². The highest BCUT2D eigenvalue weighted by atomic mass is 35.5. The summed E-state index contributed by atoms with van der Waals surface area (Å²) in [5.41, 5.74) is 2.95. The summed E-state index contributed by atoms with van der Waals surface area (Å²) < 4.78 is 0. The molecular weight excluding hydrogens is 244 g/mol. The van der Waals surface area contributed by atoms with E-state index >= 15 is 0 Å². The maximum Gasteiger partial charge on any atom is 0.108 e. The number of halogens is 1. The highest BCUT2D eigenvalue weighted by Crippen LogP contribution is 2.29. The molecule has 0 aromatic heterocycles. The lowest BCUT2D eigenvalue weighted by molar-refractivity contribution is 0.254. The summed E-state index contributed by atoms with van der Waals surface area (Å²) in [7, 11) is 0. The molecule has 104 valence electrons. The summed E-state index contributed by atoms with van der Waals surface area (Å²) in [4.78, 5) is 5.03. The summed E-state index contributed by atoms with van der Waals surface area (Å²) in [6.07, 6.45) is 5.29. The monoisotopic (exact) mass is 270 g/mol. The molecule has 2 unspecified atom stereocenters. The molecule has 0 bridgehead atoms. The lowest BCUT2D eigenvalue weighted by Crippen LogP contribution is -2.40. The predicted molar refractivity (Wildman–Crippen MR) is 79.1 cm³/mol. The first-order valence-electron chi connectivity index (χ1n) is 7.40. The third-order valence-electron chi connectivity index (χ3n) is 4.43. The molecule has 0 N–H and O–H groups in total. The molecule has 2 aliphatic rings. The Morgan fingerprint density at radius 3 is 1.78 bits per heavy atom. The summed E-state index contributed by atoms with van der Waals surface area (Å²) in [6, 6.07) is 0.501. The van der Waals surface area contributed by atoms with Crippen LogP contribution in [0.3, 0.4) is 0 Å². The molecule has 0 spiro atoms. The van der Waals surface area contributed by atoms with Crippen LogP contribution in [-0.4, -0.2) is 47.5 Å². The molecule has 0 amide bonds. The van der Waals surface area contributed by atoms with Crippen LogP contribution in [0.4, 0.5) is 0 Å². The molecule has 2 heterocycles. The first-order chi connectivity index (χ1) is 8.61. The van der Waals surface area contributed by atoms with E-state index in [1.54, 1.807) is 0 Å². The Hall–Kier alpha value is -0.0500. The standard InChI is InChI=1S/C15H27ClN2/c1-12(2)14(13(3)17-8-4-5-9-17)15(16)18-10-6-7-11-18/h13,15H,4-11H2,1-3H3. The second-order valence-electron chi connectivity index (χ2n) is 5.95. The van der Waals surface area contributed by atoms with E-state index in [2.05, 4.69) is 30.6 Å². The quantitative estimate of drug-likeness (QED) is 0.439. The van der Waals surface area contributed by atoms with Crippen LogP contribution in [0.5, 0.6) is 0 Å². The largest absolute Gasteiger partial charge is 0.297 e. The predicted octanol–water partition coefficient (Wildman–Crippen LogP) is 3.47. The van der Waals surface area contributed by atoms with E-state index in [-0.39, 0.29) is 5.50 Å². The van der Waals surface area contributed by atoms with Crippen molar-refractivity contribution in [2.75, 3.05) is 26.2 Å². The number of hydrogen-bond donors (Lipinski definition) is 0. The Labute approximate surface area is 117 Å². The van der Waals surface area contributed by atoms with Gasteiger partial charge in [0.25, 0.3) is 0 Å². The number of hydrogen-bond acceptors (Lipinski definition) is 2. The van der Waals surface area contributed by atoms with Crippen molar-refractivity contribution >= 4 is 11.6 Å². The van der Waals surface area contributed by atoms with E-state index in [4.69, 9.17) is 11.6 Å². The van der Waals surface area contributed by atoms with Gasteiger partial charge in [-0.3, -0.25) is 9.80 Å². The van der Waals surface area contributed by atoms with Crippen molar-refractivity contribution in [3.05, 3.63) is 11.1 Å². The normalized spacial score (nSPS) is 25.3. The first-order valence-corrected chi connectivity index (χ1v) is 7.84. The van der Waals surface area contributed by atoms with Crippen molar-refractivity contribution in [3.8, 4) is 0 Å². The summed E-state index contributed by atoms with van der Waals surface area (Å²) in [5, 5.41) is 0. The number of nitrogens with zero attached hydrogens (tertiary/aromatic N) is 2. The van der Waals surface area contributed by atoms with Crippen LogP contribution in [0, 0.1) is 0 Å². The number of alkyl halides is 1. The fourth-order valence-corrected chi connectivity index (χ4v) is 3.94. The van der Waals surface area contributed by atoms with E-state index in [0.717, 1.165) is 13.1 Å². The molecule has 2 rings (SSSR count). The Morgan fingerprint density at radius 2 is 1.33 bits per heavy atom. The van der Waals surface area contributed by atoms with E-state index in [1.165, 1.54) is 49.9 Å². The second kappa shape index (κ2) is 6.40. The van der Waals surface area contributed by atoms with Crippen LogP contribution in [0.15, 0.2) is 11.1 Å². The Balaban J connectivity index is 2.09. The van der Waals surface area contributed by atoms with E-state index < -0.39 is 0 Å². The fraction of sp³-hybridized carbons (Fsp3) is 0.867. The molecule has 2 atom stereocenters. The van der Waals surface area contributed by atoms with Crippen LogP contribution in [-0.2, 0) is 0 Å². The van der Waals surface area contributed by atoms with Gasteiger partial charge in [-0.25, -0.2) is 0 Å². The highest BCUT2D eigenvalue weighted by molar-refractivity contribution is 6.22. The zero-order valence-electron chi connectivity index (χ0n) is 12.1. The van der Waals surface area contributed by atoms with E-state index in [0.29, 0.717) is 6.04 Å². The van der Waals surface area contributed by atoms with Gasteiger partial charge in [-0.05, 0) is 78.2 Å². The average molecular weight is 271 g/mol. The van der Waals surface area contributed by atoms with Gasteiger partial charge in [0.05, 0.1) is 0 Å². The van der Waals surface area contributed by atoms with Gasteiger partial charge in [0.1, 0.15) is 5.50 Å². The van der Waals surface area contributed by atoms with Crippen LogP contribution in [0.1, 0.15) is 46.5 Å². The molecule has 2 aliphatic heterocycles. The van der Waals surface area contributed by atoms with Crippen molar-refractivity contribution in [1.82, 2.24) is 9.80 Å². The van der Waals surface area contributed by atoms with Gasteiger partial charge < -0.3 is 0 Å². The Morgan fingerprint density at radius 1 is 0.889 bits per heavy atom. The Kier molecular flexibility index (Phi) is 5.11. The van der Waals surface area contributed by atoms with Gasteiger partial charge in [-0.2, -0.15) is 0 Å². The first kappa shape index (κ1) is 14.4. The van der Waals surface area contributed by atoms with Gasteiger partial charge in [-0.15, -0.1) is 11.6 Å². The lowest BCUT2D eigenvalue weighted by Gasteiger charge is -2.34. The van der Waals surface area contributed by atoms with Gasteiger partial charge in [0.2, 0.25) is 0 Å². The molecule has 0 aromatic carbocycles. The zero-order chi connectivity index (χ0) is 13.1. The van der Waals surface area contributed by atoms with Crippen LogP contribution < -0.4 is 0 Å². The summed E-state index contributed by atoms with van der Waals surface area (Å²) >= 11 is 6.76. The fourth-order valence-electron chi connectivity index (χ4n) is 3.35. The number of rotatable bonds is 4. The topological polar surface area (TPSA) is 6.48 Å². The van der Waals surface area contributed by atoms with Crippen LogP contribution in [0.2, 0.25) is 0 Å². The molecule has 2 nitrogen and oxygen atoms in total. The van der Waals surface area contributed by atoms with Crippen LogP contribution in [0.25, 0.3) is 0 Å². The summed E-state index contributed by atoms with van der Waals surface area (Å²) in [5.74, 6) is 0. The van der Waals surface area contributed by atoms with Crippen molar-refractivity contribution in [2.24, 2.45) is 0 Å². The molecular formula is C15H27ClN2. The SMILES string of the molecule is CC(C)=C(C(C)N1CCCC1)C(Cl)N1CCCC1. The summed E-state index contributed by atoms with van der Waals surface area (Å²) in [6.45, 7) is 11.6. The maximum atomic E-state index is 6.76. The highest BCUT2D eigenvalue weighted by Gasteiger charge is 2.30. The minimum Gasteiger partial charge on any atom is -0.297 e. The molecule has 3 heteroatoms. The average Bonchev–Trinajstić information content (AvgIpc) is 3.02.